The molecule has 2 rings (SSSR count). The van der Waals surface area contributed by atoms with Gasteiger partial charge in [0, 0.05) is 43.0 Å². The van der Waals surface area contributed by atoms with Gasteiger partial charge in [-0.05, 0) is 26.1 Å². The lowest BCUT2D eigenvalue weighted by Crippen LogP contribution is -2.32. The smallest absolute Gasteiger partial charge is 0.222 e. The Hall–Kier alpha value is -1.66. The minimum absolute atomic E-state index is 0.0984. The Balaban J connectivity index is 1.98. The van der Waals surface area contributed by atoms with Gasteiger partial charge in [-0.25, -0.2) is 4.98 Å². The zero-order chi connectivity index (χ0) is 16.8. The summed E-state index contributed by atoms with van der Waals surface area (Å²) in [7, 11) is 3.69. The predicted molar refractivity (Wildman–Crippen MR) is 94.3 cm³/mol. The molecule has 124 valence electrons. The standard InChI is InChI=1S/C17H22BrN3O2/c1-12-17(13-4-6-14(18)7-5-13)23-15(20-12)8-9-16(22)21(3)11-10-19-2/h4-7,19H,8-11H2,1-3H3. The Bertz CT molecular complexity index is 652. The van der Waals surface area contributed by atoms with Gasteiger partial charge in [-0.15, -0.1) is 0 Å². The van der Waals surface area contributed by atoms with Crippen molar-refractivity contribution in [2.24, 2.45) is 0 Å². The summed E-state index contributed by atoms with van der Waals surface area (Å²) in [6.45, 7) is 3.41. The third-order valence-electron chi connectivity index (χ3n) is 3.62. The summed E-state index contributed by atoms with van der Waals surface area (Å²) >= 11 is 3.42. The van der Waals surface area contributed by atoms with E-state index in [0.717, 1.165) is 28.0 Å². The number of benzene rings is 1. The first-order valence-electron chi connectivity index (χ1n) is 7.62. The number of oxazole rings is 1. The molecule has 0 unspecified atom stereocenters. The summed E-state index contributed by atoms with van der Waals surface area (Å²) in [5, 5.41) is 3.03. The lowest BCUT2D eigenvalue weighted by Gasteiger charge is -2.16. The van der Waals surface area contributed by atoms with Crippen LogP contribution < -0.4 is 5.32 Å². The van der Waals surface area contributed by atoms with Crippen LogP contribution in [0.4, 0.5) is 0 Å². The molecular formula is C17H22BrN3O2. The van der Waals surface area contributed by atoms with Crippen molar-refractivity contribution in [2.75, 3.05) is 27.2 Å². The number of rotatable bonds is 7. The number of aromatic nitrogens is 1. The van der Waals surface area contributed by atoms with Crippen LogP contribution in [0.5, 0.6) is 0 Å². The molecular weight excluding hydrogens is 358 g/mol. The van der Waals surface area contributed by atoms with Gasteiger partial charge in [-0.1, -0.05) is 28.1 Å². The van der Waals surface area contributed by atoms with Crippen LogP contribution in [0.2, 0.25) is 0 Å². The number of amides is 1. The highest BCUT2D eigenvalue weighted by molar-refractivity contribution is 9.10. The van der Waals surface area contributed by atoms with Gasteiger partial charge in [0.15, 0.2) is 11.7 Å². The maximum absolute atomic E-state index is 12.0. The Kier molecular flexibility index (Phi) is 6.36. The van der Waals surface area contributed by atoms with Crippen molar-refractivity contribution in [1.29, 1.82) is 0 Å². The normalized spacial score (nSPS) is 10.8. The fourth-order valence-electron chi connectivity index (χ4n) is 2.24. The fraction of sp³-hybridized carbons (Fsp3) is 0.412. The monoisotopic (exact) mass is 379 g/mol. The van der Waals surface area contributed by atoms with Crippen molar-refractivity contribution in [2.45, 2.75) is 19.8 Å². The lowest BCUT2D eigenvalue weighted by molar-refractivity contribution is -0.129. The minimum Gasteiger partial charge on any atom is -0.440 e. The number of nitrogens with one attached hydrogen (secondary N) is 1. The minimum atomic E-state index is 0.0984. The topological polar surface area (TPSA) is 58.4 Å². The fourth-order valence-corrected chi connectivity index (χ4v) is 2.50. The number of hydrogen-bond donors (Lipinski definition) is 1. The first-order chi connectivity index (χ1) is 11.0. The molecule has 1 amide bonds. The van der Waals surface area contributed by atoms with Gasteiger partial charge < -0.3 is 14.6 Å². The SMILES string of the molecule is CNCCN(C)C(=O)CCc1nc(C)c(-c2ccc(Br)cc2)o1. The Morgan fingerprint density at radius 3 is 2.70 bits per heavy atom. The van der Waals surface area contributed by atoms with Crippen molar-refractivity contribution in [3.63, 3.8) is 0 Å². The molecule has 0 saturated heterocycles. The molecule has 0 radical (unpaired) electrons. The zero-order valence-corrected chi connectivity index (χ0v) is 15.3. The van der Waals surface area contributed by atoms with E-state index in [0.29, 0.717) is 25.3 Å². The molecule has 6 heteroatoms. The van der Waals surface area contributed by atoms with Crippen LogP contribution in [0.15, 0.2) is 33.2 Å². The van der Waals surface area contributed by atoms with E-state index in [9.17, 15) is 4.79 Å². The number of hydrogen-bond acceptors (Lipinski definition) is 4. The molecule has 5 nitrogen and oxygen atoms in total. The van der Waals surface area contributed by atoms with Crippen LogP contribution in [0.1, 0.15) is 18.0 Å². The Morgan fingerprint density at radius 1 is 1.35 bits per heavy atom. The molecule has 1 aromatic carbocycles. The predicted octanol–water partition coefficient (Wildman–Crippen LogP) is 3.02. The van der Waals surface area contributed by atoms with Gasteiger partial charge in [0.2, 0.25) is 5.91 Å². The molecule has 0 fully saturated rings. The van der Waals surface area contributed by atoms with Crippen LogP contribution in [-0.2, 0) is 11.2 Å². The lowest BCUT2D eigenvalue weighted by atomic mass is 10.1. The highest BCUT2D eigenvalue weighted by Gasteiger charge is 2.14. The zero-order valence-electron chi connectivity index (χ0n) is 13.7. The van der Waals surface area contributed by atoms with Gasteiger partial charge in [0.25, 0.3) is 0 Å². The molecule has 23 heavy (non-hydrogen) atoms. The maximum atomic E-state index is 12.0. The number of aryl methyl sites for hydroxylation is 2. The maximum Gasteiger partial charge on any atom is 0.222 e. The number of carbonyl (C=O) groups is 1. The number of halogens is 1. The van der Waals surface area contributed by atoms with Gasteiger partial charge >= 0.3 is 0 Å². The van der Waals surface area contributed by atoms with E-state index in [1.54, 1.807) is 4.90 Å². The molecule has 0 saturated carbocycles. The van der Waals surface area contributed by atoms with Crippen LogP contribution in [0.3, 0.4) is 0 Å². The van der Waals surface area contributed by atoms with Gasteiger partial charge in [0.05, 0.1) is 5.69 Å². The quantitative estimate of drug-likeness (QED) is 0.802. The molecule has 2 aromatic rings. The van der Waals surface area contributed by atoms with Crippen LogP contribution in [-0.4, -0.2) is 43.0 Å². The van der Waals surface area contributed by atoms with E-state index in [4.69, 9.17) is 4.42 Å². The first-order valence-corrected chi connectivity index (χ1v) is 8.41. The highest BCUT2D eigenvalue weighted by Crippen LogP contribution is 2.26. The molecule has 0 aliphatic rings. The van der Waals surface area contributed by atoms with E-state index in [-0.39, 0.29) is 5.91 Å². The Labute approximate surface area is 145 Å². The summed E-state index contributed by atoms with van der Waals surface area (Å²) in [5.41, 5.74) is 1.83. The summed E-state index contributed by atoms with van der Waals surface area (Å²) in [6, 6.07) is 7.91. The van der Waals surface area contributed by atoms with E-state index >= 15 is 0 Å². The molecule has 0 aliphatic carbocycles. The Morgan fingerprint density at radius 2 is 2.04 bits per heavy atom. The van der Waals surface area contributed by atoms with Crippen molar-refractivity contribution >= 4 is 21.8 Å². The van der Waals surface area contributed by atoms with E-state index in [2.05, 4.69) is 26.2 Å². The third kappa shape index (κ3) is 4.91. The summed E-state index contributed by atoms with van der Waals surface area (Å²) in [4.78, 5) is 18.2. The number of likely N-dealkylation sites (N-methyl/N-ethyl adjacent to an activating group) is 2. The van der Waals surface area contributed by atoms with Gasteiger partial charge in [-0.3, -0.25) is 4.79 Å². The van der Waals surface area contributed by atoms with Crippen LogP contribution in [0.25, 0.3) is 11.3 Å². The second-order valence-corrected chi connectivity index (χ2v) is 6.36. The van der Waals surface area contributed by atoms with Gasteiger partial charge in [-0.2, -0.15) is 0 Å². The number of nitrogens with zero attached hydrogens (tertiary/aromatic N) is 2. The summed E-state index contributed by atoms with van der Waals surface area (Å²) in [6.07, 6.45) is 0.917. The largest absolute Gasteiger partial charge is 0.440 e. The first kappa shape index (κ1) is 17.7. The average molecular weight is 380 g/mol. The molecule has 0 spiro atoms. The van der Waals surface area contributed by atoms with Crippen molar-refractivity contribution in [1.82, 2.24) is 15.2 Å². The van der Waals surface area contributed by atoms with E-state index in [1.165, 1.54) is 0 Å². The van der Waals surface area contributed by atoms with Crippen LogP contribution in [0, 0.1) is 6.92 Å². The molecule has 1 aromatic heterocycles. The number of carbonyl (C=O) groups excluding carboxylic acids is 1. The molecule has 0 atom stereocenters. The van der Waals surface area contributed by atoms with Crippen molar-refractivity contribution in [3.8, 4) is 11.3 Å². The summed E-state index contributed by atoms with van der Waals surface area (Å²) in [5.74, 6) is 1.47. The molecule has 0 bridgehead atoms. The van der Waals surface area contributed by atoms with Crippen LogP contribution >= 0.6 is 15.9 Å². The average Bonchev–Trinajstić information content (AvgIpc) is 2.92. The highest BCUT2D eigenvalue weighted by atomic mass is 79.9. The van der Waals surface area contributed by atoms with E-state index in [1.807, 2.05) is 45.3 Å². The van der Waals surface area contributed by atoms with E-state index < -0.39 is 0 Å². The molecule has 1 heterocycles. The third-order valence-corrected chi connectivity index (χ3v) is 4.15. The molecule has 1 N–H and O–H groups in total. The second kappa shape index (κ2) is 8.26. The van der Waals surface area contributed by atoms with Gasteiger partial charge in [0.1, 0.15) is 0 Å². The second-order valence-electron chi connectivity index (χ2n) is 5.45. The van der Waals surface area contributed by atoms with Crippen molar-refractivity contribution in [3.05, 3.63) is 40.3 Å². The van der Waals surface area contributed by atoms with Crippen molar-refractivity contribution < 1.29 is 9.21 Å². The molecule has 0 aliphatic heterocycles. The summed E-state index contributed by atoms with van der Waals surface area (Å²) < 4.78 is 6.86.